The lowest BCUT2D eigenvalue weighted by Crippen LogP contribution is -1.98. The zero-order valence-electron chi connectivity index (χ0n) is 14.2. The Kier molecular flexibility index (Phi) is 7.25. The Balaban J connectivity index is 0.00000117. The number of oxazole rings is 1. The Morgan fingerprint density at radius 1 is 1.12 bits per heavy atom. The van der Waals surface area contributed by atoms with Crippen LogP contribution in [0.1, 0.15) is 20.8 Å². The SMILES string of the molecule is CC.CCSc1ccc(Cl)nc1-c1nc2cc(SC(F)(F)F)ccc2o1. The number of benzene rings is 1. The van der Waals surface area contributed by atoms with Crippen LogP contribution in [0.3, 0.4) is 0 Å². The van der Waals surface area contributed by atoms with Crippen LogP contribution >= 0.6 is 35.1 Å². The predicted octanol–water partition coefficient (Wildman–Crippen LogP) is 7.29. The van der Waals surface area contributed by atoms with Crippen LogP contribution in [0.4, 0.5) is 13.2 Å². The van der Waals surface area contributed by atoms with Crippen molar-refractivity contribution in [3.63, 3.8) is 0 Å². The lowest BCUT2D eigenvalue weighted by atomic mass is 10.3. The number of fused-ring (bicyclic) bond motifs is 1. The van der Waals surface area contributed by atoms with E-state index in [1.54, 1.807) is 17.8 Å². The summed E-state index contributed by atoms with van der Waals surface area (Å²) in [6.45, 7) is 6.00. The van der Waals surface area contributed by atoms with Gasteiger partial charge in [-0.15, -0.1) is 11.8 Å². The highest BCUT2D eigenvalue weighted by Crippen LogP contribution is 2.39. The topological polar surface area (TPSA) is 38.9 Å². The summed E-state index contributed by atoms with van der Waals surface area (Å²) in [4.78, 5) is 9.42. The van der Waals surface area contributed by atoms with Crippen molar-refractivity contribution in [2.45, 2.75) is 36.1 Å². The summed E-state index contributed by atoms with van der Waals surface area (Å²) >= 11 is 7.31. The monoisotopic (exact) mass is 420 g/mol. The number of aromatic nitrogens is 2. The van der Waals surface area contributed by atoms with Crippen LogP contribution < -0.4 is 0 Å². The minimum atomic E-state index is -4.35. The molecule has 0 aliphatic carbocycles. The molecule has 0 saturated carbocycles. The molecule has 2 heterocycles. The van der Waals surface area contributed by atoms with E-state index in [2.05, 4.69) is 9.97 Å². The van der Waals surface area contributed by atoms with Gasteiger partial charge in [-0.3, -0.25) is 0 Å². The maximum Gasteiger partial charge on any atom is 0.446 e. The van der Waals surface area contributed by atoms with Crippen molar-refractivity contribution in [2.24, 2.45) is 0 Å². The first-order chi connectivity index (χ1) is 12.4. The van der Waals surface area contributed by atoms with Crippen LogP contribution in [0.5, 0.6) is 0 Å². The van der Waals surface area contributed by atoms with E-state index in [0.717, 1.165) is 10.6 Å². The lowest BCUT2D eigenvalue weighted by Gasteiger charge is -2.04. The third kappa shape index (κ3) is 5.31. The van der Waals surface area contributed by atoms with E-state index in [4.69, 9.17) is 16.0 Å². The fraction of sp³-hybridized carbons (Fsp3) is 0.294. The van der Waals surface area contributed by atoms with Crippen LogP contribution in [0.15, 0.2) is 44.5 Å². The van der Waals surface area contributed by atoms with Gasteiger partial charge in [0.15, 0.2) is 5.58 Å². The van der Waals surface area contributed by atoms with Crippen molar-refractivity contribution in [1.82, 2.24) is 9.97 Å². The molecule has 140 valence electrons. The average Bonchev–Trinajstić information content (AvgIpc) is 3.00. The van der Waals surface area contributed by atoms with E-state index in [0.29, 0.717) is 21.9 Å². The number of thioether (sulfide) groups is 2. The van der Waals surface area contributed by atoms with Gasteiger partial charge in [0, 0.05) is 9.79 Å². The normalized spacial score (nSPS) is 11.3. The van der Waals surface area contributed by atoms with Gasteiger partial charge in [-0.25, -0.2) is 9.97 Å². The van der Waals surface area contributed by atoms with Crippen LogP contribution in [0.2, 0.25) is 5.15 Å². The van der Waals surface area contributed by atoms with Gasteiger partial charge in [0.25, 0.3) is 0 Å². The number of hydrogen-bond acceptors (Lipinski definition) is 5. The summed E-state index contributed by atoms with van der Waals surface area (Å²) in [5, 5.41) is 0.293. The number of nitrogens with zero attached hydrogens (tertiary/aromatic N) is 2. The van der Waals surface area contributed by atoms with Crippen LogP contribution in [-0.4, -0.2) is 21.2 Å². The summed E-state index contributed by atoms with van der Waals surface area (Å²) in [5.41, 5.74) is -3.13. The van der Waals surface area contributed by atoms with Crippen molar-refractivity contribution in [3.05, 3.63) is 35.5 Å². The molecule has 0 atom stereocenters. The van der Waals surface area contributed by atoms with Crippen molar-refractivity contribution >= 4 is 46.2 Å². The maximum atomic E-state index is 12.5. The maximum absolute atomic E-state index is 12.5. The van der Waals surface area contributed by atoms with E-state index in [9.17, 15) is 13.2 Å². The molecule has 3 aromatic rings. The molecule has 0 unspecified atom stereocenters. The molecule has 3 nitrogen and oxygen atoms in total. The second kappa shape index (κ2) is 9.01. The highest BCUT2D eigenvalue weighted by atomic mass is 35.5. The van der Waals surface area contributed by atoms with E-state index < -0.39 is 5.51 Å². The number of rotatable bonds is 4. The molecule has 2 aromatic heterocycles. The van der Waals surface area contributed by atoms with E-state index in [1.807, 2.05) is 26.8 Å². The molecule has 0 amide bonds. The van der Waals surface area contributed by atoms with Crippen LogP contribution in [0.25, 0.3) is 22.7 Å². The summed E-state index contributed by atoms with van der Waals surface area (Å²) in [6.07, 6.45) is 0. The first kappa shape index (κ1) is 20.9. The zero-order valence-corrected chi connectivity index (χ0v) is 16.6. The quantitative estimate of drug-likeness (QED) is 0.327. The van der Waals surface area contributed by atoms with Gasteiger partial charge in [0.05, 0.1) is 0 Å². The molecule has 0 radical (unpaired) electrons. The Morgan fingerprint density at radius 2 is 1.85 bits per heavy atom. The highest BCUT2D eigenvalue weighted by Gasteiger charge is 2.29. The summed E-state index contributed by atoms with van der Waals surface area (Å²) in [5.74, 6) is 1.06. The Bertz CT molecular complexity index is 884. The number of halogens is 4. The summed E-state index contributed by atoms with van der Waals surface area (Å²) in [6, 6.07) is 7.65. The molecule has 0 aliphatic rings. The van der Waals surface area contributed by atoms with Gasteiger partial charge in [-0.05, 0) is 47.8 Å². The van der Waals surface area contributed by atoms with E-state index >= 15 is 0 Å². The molecule has 0 saturated heterocycles. The van der Waals surface area contributed by atoms with Gasteiger partial charge >= 0.3 is 5.51 Å². The first-order valence-corrected chi connectivity index (χ1v) is 10.00. The fourth-order valence-corrected chi connectivity index (χ4v) is 3.52. The molecule has 0 spiro atoms. The Labute approximate surface area is 162 Å². The fourth-order valence-electron chi connectivity index (χ4n) is 2.05. The molecular weight excluding hydrogens is 405 g/mol. The van der Waals surface area contributed by atoms with E-state index in [1.165, 1.54) is 18.2 Å². The van der Waals surface area contributed by atoms with Crippen LogP contribution in [-0.2, 0) is 0 Å². The molecule has 9 heteroatoms. The number of alkyl halides is 3. The predicted molar refractivity (Wildman–Crippen MR) is 102 cm³/mol. The third-order valence-electron chi connectivity index (χ3n) is 2.92. The minimum Gasteiger partial charge on any atom is -0.435 e. The van der Waals surface area contributed by atoms with E-state index in [-0.39, 0.29) is 22.5 Å². The minimum absolute atomic E-state index is 0.0528. The lowest BCUT2D eigenvalue weighted by molar-refractivity contribution is -0.0328. The Hall–Kier alpha value is -1.38. The summed E-state index contributed by atoms with van der Waals surface area (Å²) in [7, 11) is 0. The zero-order chi connectivity index (χ0) is 19.3. The van der Waals surface area contributed by atoms with Gasteiger partial charge in [-0.1, -0.05) is 32.4 Å². The second-order valence-corrected chi connectivity index (χ2v) is 7.44. The molecule has 26 heavy (non-hydrogen) atoms. The molecule has 0 N–H and O–H groups in total. The standard InChI is InChI=1S/C15H10ClF3N2OS2.C2H6/c1-2-23-11-5-6-12(16)21-13(11)14-20-9-7-8(24-15(17,18)19)3-4-10(9)22-14;1-2/h3-7H,2H2,1H3;1-2H3. The van der Waals surface area contributed by atoms with Gasteiger partial charge in [0.1, 0.15) is 16.4 Å². The van der Waals surface area contributed by atoms with Gasteiger partial charge < -0.3 is 4.42 Å². The largest absolute Gasteiger partial charge is 0.446 e. The molecule has 0 bridgehead atoms. The highest BCUT2D eigenvalue weighted by molar-refractivity contribution is 8.00. The number of pyridine rings is 1. The molecular formula is C17H16ClF3N2OS2. The van der Waals surface area contributed by atoms with Gasteiger partial charge in [-0.2, -0.15) is 13.2 Å². The Morgan fingerprint density at radius 3 is 2.50 bits per heavy atom. The third-order valence-corrected chi connectivity index (χ3v) is 4.78. The summed E-state index contributed by atoms with van der Waals surface area (Å²) < 4.78 is 43.1. The second-order valence-electron chi connectivity index (χ2n) is 4.61. The van der Waals surface area contributed by atoms with Crippen molar-refractivity contribution < 1.29 is 17.6 Å². The van der Waals surface area contributed by atoms with Crippen LogP contribution in [0, 0.1) is 0 Å². The molecule has 1 aromatic carbocycles. The van der Waals surface area contributed by atoms with Crippen molar-refractivity contribution in [1.29, 1.82) is 0 Å². The molecule has 0 aliphatic heterocycles. The average molecular weight is 421 g/mol. The number of hydrogen-bond donors (Lipinski definition) is 0. The van der Waals surface area contributed by atoms with Crippen molar-refractivity contribution in [2.75, 3.05) is 5.75 Å². The smallest absolute Gasteiger partial charge is 0.435 e. The molecule has 0 fully saturated rings. The van der Waals surface area contributed by atoms with Crippen molar-refractivity contribution in [3.8, 4) is 11.6 Å². The first-order valence-electron chi connectivity index (χ1n) is 7.82. The van der Waals surface area contributed by atoms with Gasteiger partial charge in [0.2, 0.25) is 5.89 Å². The molecule has 3 rings (SSSR count).